The molecule has 1 aromatic rings. The molecule has 0 aliphatic carbocycles. The topological polar surface area (TPSA) is 62.4 Å². The molecular weight excluding hydrogens is 362 g/mol. The molecule has 24 heavy (non-hydrogen) atoms. The lowest BCUT2D eigenvalue weighted by molar-refractivity contribution is 0.0943. The van der Waals surface area contributed by atoms with Crippen LogP contribution in [-0.4, -0.2) is 41.8 Å². The Labute approximate surface area is 156 Å². The Morgan fingerprint density at radius 1 is 1.21 bits per heavy atom. The van der Waals surface area contributed by atoms with E-state index < -0.39 is 0 Å². The van der Waals surface area contributed by atoms with Gasteiger partial charge in [0.05, 0.1) is 10.7 Å². The van der Waals surface area contributed by atoms with Crippen LogP contribution >= 0.6 is 35.7 Å². The lowest BCUT2D eigenvalue weighted by atomic mass is 10.1. The third-order valence-electron chi connectivity index (χ3n) is 3.87. The number of thiocarbonyl (C=S) groups is 1. The van der Waals surface area contributed by atoms with Crippen molar-refractivity contribution in [1.82, 2.24) is 16.2 Å². The summed E-state index contributed by atoms with van der Waals surface area (Å²) in [5.74, 6) is 2.19. The fraction of sp³-hybridized carbons (Fsp3) is 0.500. The minimum atomic E-state index is -0.199. The molecule has 1 unspecified atom stereocenters. The summed E-state index contributed by atoms with van der Waals surface area (Å²) in [6.45, 7) is 1.48. The highest BCUT2D eigenvalue weighted by Gasteiger charge is 2.18. The molecule has 8 heteroatoms. The summed E-state index contributed by atoms with van der Waals surface area (Å²) >= 11 is 9.06. The summed E-state index contributed by atoms with van der Waals surface area (Å²) in [6, 6.07) is 7.76. The van der Waals surface area contributed by atoms with Crippen molar-refractivity contribution in [3.8, 4) is 0 Å². The zero-order valence-corrected chi connectivity index (χ0v) is 15.7. The number of carbonyl (C=O) groups excluding carboxylic acids is 1. The number of ether oxygens (including phenoxy) is 1. The Balaban J connectivity index is 1.41. The van der Waals surface area contributed by atoms with Crippen molar-refractivity contribution >= 4 is 46.8 Å². The van der Waals surface area contributed by atoms with Crippen LogP contribution in [0.4, 0.5) is 0 Å². The van der Waals surface area contributed by atoms with Crippen LogP contribution in [0, 0.1) is 0 Å². The van der Waals surface area contributed by atoms with Crippen LogP contribution in [0.2, 0.25) is 0 Å². The SMILES string of the molecule is O=C(NNC(=S)NCC1CCCO1)c1ccc(C2SCCS2)cc1. The van der Waals surface area contributed by atoms with Crippen molar-refractivity contribution in [2.75, 3.05) is 24.7 Å². The standard InChI is InChI=1S/C16H21N3O2S3/c20-14(18-19-16(22)17-10-13-2-1-7-21-13)11-3-5-12(6-4-11)15-23-8-9-24-15/h3-6,13,15H,1-2,7-10H2,(H,18,20)(H2,17,19,22). The van der Waals surface area contributed by atoms with Gasteiger partial charge in [-0.1, -0.05) is 12.1 Å². The minimum absolute atomic E-state index is 0.199. The van der Waals surface area contributed by atoms with Crippen molar-refractivity contribution in [3.63, 3.8) is 0 Å². The van der Waals surface area contributed by atoms with Crippen LogP contribution < -0.4 is 16.2 Å². The molecule has 3 rings (SSSR count). The highest BCUT2D eigenvalue weighted by Crippen LogP contribution is 2.45. The van der Waals surface area contributed by atoms with Crippen LogP contribution in [0.1, 0.15) is 33.3 Å². The number of hydrazine groups is 1. The van der Waals surface area contributed by atoms with Crippen molar-refractivity contribution < 1.29 is 9.53 Å². The van der Waals surface area contributed by atoms with Crippen LogP contribution in [-0.2, 0) is 4.74 Å². The lowest BCUT2D eigenvalue weighted by Gasteiger charge is -2.14. The first-order valence-corrected chi connectivity index (χ1v) is 10.5. The molecule has 0 spiro atoms. The molecule has 5 nitrogen and oxygen atoms in total. The molecule has 1 amide bonds. The van der Waals surface area contributed by atoms with Gasteiger partial charge in [-0.25, -0.2) is 0 Å². The maximum absolute atomic E-state index is 12.1. The molecule has 2 saturated heterocycles. The van der Waals surface area contributed by atoms with Gasteiger partial charge in [0.2, 0.25) is 0 Å². The largest absolute Gasteiger partial charge is 0.376 e. The Morgan fingerprint density at radius 3 is 2.62 bits per heavy atom. The molecule has 0 bridgehead atoms. The highest BCUT2D eigenvalue weighted by molar-refractivity contribution is 8.19. The number of carbonyl (C=O) groups is 1. The van der Waals surface area contributed by atoms with E-state index in [-0.39, 0.29) is 12.0 Å². The van der Waals surface area contributed by atoms with Crippen LogP contribution in [0.25, 0.3) is 0 Å². The second-order valence-electron chi connectivity index (χ2n) is 5.62. The average molecular weight is 384 g/mol. The molecule has 0 aromatic heterocycles. The number of hydrogen-bond donors (Lipinski definition) is 3. The number of benzene rings is 1. The van der Waals surface area contributed by atoms with E-state index in [9.17, 15) is 4.79 Å². The molecule has 2 aliphatic heterocycles. The molecule has 2 heterocycles. The van der Waals surface area contributed by atoms with Gasteiger partial charge in [-0.05, 0) is 42.8 Å². The van der Waals surface area contributed by atoms with E-state index in [1.807, 2.05) is 47.8 Å². The lowest BCUT2D eigenvalue weighted by Crippen LogP contribution is -2.48. The summed E-state index contributed by atoms with van der Waals surface area (Å²) in [4.78, 5) is 12.1. The van der Waals surface area contributed by atoms with Gasteiger partial charge in [-0.3, -0.25) is 15.6 Å². The van der Waals surface area contributed by atoms with Crippen molar-refractivity contribution in [2.45, 2.75) is 23.5 Å². The molecule has 130 valence electrons. The zero-order chi connectivity index (χ0) is 16.8. The molecule has 3 N–H and O–H groups in total. The fourth-order valence-electron chi connectivity index (χ4n) is 2.58. The van der Waals surface area contributed by atoms with Gasteiger partial charge in [0.25, 0.3) is 5.91 Å². The van der Waals surface area contributed by atoms with E-state index in [4.69, 9.17) is 17.0 Å². The molecule has 0 saturated carbocycles. The van der Waals surface area contributed by atoms with Gasteiger partial charge in [-0.2, -0.15) is 0 Å². The number of hydrogen-bond acceptors (Lipinski definition) is 5. The third-order valence-corrected chi connectivity index (χ3v) is 7.22. The van der Waals surface area contributed by atoms with E-state index >= 15 is 0 Å². The van der Waals surface area contributed by atoms with Gasteiger partial charge < -0.3 is 10.1 Å². The van der Waals surface area contributed by atoms with Gasteiger partial charge in [0, 0.05) is 30.2 Å². The first-order chi connectivity index (χ1) is 11.7. The quantitative estimate of drug-likeness (QED) is 0.545. The Bertz CT molecular complexity index is 570. The summed E-state index contributed by atoms with van der Waals surface area (Å²) in [6.07, 6.45) is 2.35. The number of rotatable bonds is 4. The zero-order valence-electron chi connectivity index (χ0n) is 13.2. The van der Waals surface area contributed by atoms with Crippen molar-refractivity contribution in [1.29, 1.82) is 0 Å². The second kappa shape index (κ2) is 8.94. The molecule has 1 atom stereocenters. The van der Waals surface area contributed by atoms with Crippen molar-refractivity contribution in [3.05, 3.63) is 35.4 Å². The van der Waals surface area contributed by atoms with Gasteiger partial charge in [0.15, 0.2) is 5.11 Å². The smallest absolute Gasteiger partial charge is 0.269 e. The van der Waals surface area contributed by atoms with Gasteiger partial charge in [-0.15, -0.1) is 23.5 Å². The molecule has 1 aromatic carbocycles. The molecule has 2 fully saturated rings. The Morgan fingerprint density at radius 2 is 1.96 bits per heavy atom. The van der Waals surface area contributed by atoms with E-state index in [0.29, 0.717) is 21.8 Å². The third kappa shape index (κ3) is 5.02. The van der Waals surface area contributed by atoms with Crippen LogP contribution in [0.5, 0.6) is 0 Å². The fourth-order valence-corrected chi connectivity index (χ4v) is 5.58. The minimum Gasteiger partial charge on any atom is -0.376 e. The van der Waals surface area contributed by atoms with Gasteiger partial charge in [0.1, 0.15) is 0 Å². The first-order valence-electron chi connectivity index (χ1n) is 8.01. The van der Waals surface area contributed by atoms with E-state index in [1.165, 1.54) is 17.1 Å². The second-order valence-corrected chi connectivity index (χ2v) is 8.75. The number of thioether (sulfide) groups is 2. The summed E-state index contributed by atoms with van der Waals surface area (Å²) < 4.78 is 6.01. The monoisotopic (exact) mass is 383 g/mol. The van der Waals surface area contributed by atoms with E-state index in [1.54, 1.807) is 0 Å². The van der Waals surface area contributed by atoms with Crippen LogP contribution in [0.3, 0.4) is 0 Å². The molecular formula is C16H21N3O2S3. The maximum atomic E-state index is 12.1. The Kier molecular flexibility index (Phi) is 6.65. The highest BCUT2D eigenvalue weighted by atomic mass is 32.2. The maximum Gasteiger partial charge on any atom is 0.269 e. The normalized spacial score (nSPS) is 20.8. The summed E-state index contributed by atoms with van der Waals surface area (Å²) in [5.41, 5.74) is 7.23. The predicted molar refractivity (Wildman–Crippen MR) is 104 cm³/mol. The molecule has 0 radical (unpaired) electrons. The van der Waals surface area contributed by atoms with E-state index in [0.717, 1.165) is 19.4 Å². The summed E-state index contributed by atoms with van der Waals surface area (Å²) in [7, 11) is 0. The molecule has 2 aliphatic rings. The first kappa shape index (κ1) is 17.8. The van der Waals surface area contributed by atoms with Gasteiger partial charge >= 0.3 is 0 Å². The van der Waals surface area contributed by atoms with Crippen molar-refractivity contribution in [2.24, 2.45) is 0 Å². The number of amides is 1. The van der Waals surface area contributed by atoms with E-state index in [2.05, 4.69) is 16.2 Å². The summed E-state index contributed by atoms with van der Waals surface area (Å²) in [5, 5.41) is 3.45. The predicted octanol–water partition coefficient (Wildman–Crippen LogP) is 2.45. The van der Waals surface area contributed by atoms with Crippen LogP contribution in [0.15, 0.2) is 24.3 Å². The number of nitrogens with one attached hydrogen (secondary N) is 3. The Hall–Kier alpha value is -0.960. The average Bonchev–Trinajstić information content (AvgIpc) is 3.31.